The molecule has 27 heavy (non-hydrogen) atoms. The van der Waals surface area contributed by atoms with Crippen molar-refractivity contribution in [3.63, 3.8) is 0 Å². The van der Waals surface area contributed by atoms with Crippen LogP contribution in [0.4, 0.5) is 5.82 Å². The number of H-pyrrole nitrogens is 1. The van der Waals surface area contributed by atoms with Gasteiger partial charge in [-0.3, -0.25) is 9.59 Å². The molecule has 4 rings (SSSR count). The van der Waals surface area contributed by atoms with Crippen LogP contribution < -0.4 is 10.5 Å². The molecule has 4 heterocycles. The molecule has 1 unspecified atom stereocenters. The number of nitrogens with one attached hydrogen (secondary N) is 1. The highest BCUT2D eigenvalue weighted by Gasteiger charge is 2.28. The summed E-state index contributed by atoms with van der Waals surface area (Å²) in [6.45, 7) is 5.20. The first-order valence-electron chi connectivity index (χ1n) is 9.54. The number of nitrogens with zero attached hydrogens (tertiary/aromatic N) is 5. The summed E-state index contributed by atoms with van der Waals surface area (Å²) in [4.78, 5) is 44.3. The second kappa shape index (κ2) is 7.46. The SMILES string of the molecule is Cc1nc(C2CCCN(C(=O)c3cnc[nH]c3=O)C2)cc(N2CCCC2)n1. The summed E-state index contributed by atoms with van der Waals surface area (Å²) >= 11 is 0. The Labute approximate surface area is 157 Å². The van der Waals surface area contributed by atoms with Gasteiger partial charge in [0.2, 0.25) is 0 Å². The highest BCUT2D eigenvalue weighted by molar-refractivity contribution is 5.93. The fourth-order valence-corrected chi connectivity index (χ4v) is 3.96. The molecule has 8 heteroatoms. The number of anilines is 1. The lowest BCUT2D eigenvalue weighted by atomic mass is 9.94. The number of carbonyl (C=O) groups is 1. The summed E-state index contributed by atoms with van der Waals surface area (Å²) in [5, 5.41) is 0. The Balaban J connectivity index is 1.55. The quantitative estimate of drug-likeness (QED) is 0.882. The van der Waals surface area contributed by atoms with Gasteiger partial charge in [-0.15, -0.1) is 0 Å². The molecular formula is C19H24N6O2. The Bertz CT molecular complexity index is 890. The summed E-state index contributed by atoms with van der Waals surface area (Å²) in [5.74, 6) is 1.64. The fraction of sp³-hybridized carbons (Fsp3) is 0.526. The standard InChI is InChI=1S/C19H24N6O2/c1-13-22-16(9-17(23-13)24-6-2-3-7-24)14-5-4-8-25(11-14)19(27)15-10-20-12-21-18(15)26/h9-10,12,14H,2-8,11H2,1H3,(H,20,21,26). The van der Waals surface area contributed by atoms with Crippen LogP contribution in [0.25, 0.3) is 0 Å². The van der Waals surface area contributed by atoms with Crippen molar-refractivity contribution < 1.29 is 4.79 Å². The van der Waals surface area contributed by atoms with Crippen LogP contribution in [0.15, 0.2) is 23.4 Å². The molecule has 1 amide bonds. The minimum Gasteiger partial charge on any atom is -0.357 e. The fourth-order valence-electron chi connectivity index (χ4n) is 3.96. The molecule has 2 saturated heterocycles. The molecular weight excluding hydrogens is 344 g/mol. The number of hydrogen-bond acceptors (Lipinski definition) is 6. The van der Waals surface area contributed by atoms with E-state index < -0.39 is 5.56 Å². The number of aromatic amines is 1. The Morgan fingerprint density at radius 3 is 2.78 bits per heavy atom. The second-order valence-electron chi connectivity index (χ2n) is 7.28. The third-order valence-corrected chi connectivity index (χ3v) is 5.35. The van der Waals surface area contributed by atoms with E-state index in [0.29, 0.717) is 13.1 Å². The molecule has 1 atom stereocenters. The van der Waals surface area contributed by atoms with Crippen molar-refractivity contribution in [1.29, 1.82) is 0 Å². The number of aromatic nitrogens is 4. The molecule has 0 radical (unpaired) electrons. The van der Waals surface area contributed by atoms with Gasteiger partial charge in [0, 0.05) is 44.4 Å². The third kappa shape index (κ3) is 3.70. The molecule has 2 aliphatic heterocycles. The molecule has 1 N–H and O–H groups in total. The van der Waals surface area contributed by atoms with Crippen molar-refractivity contribution in [2.75, 3.05) is 31.1 Å². The van der Waals surface area contributed by atoms with Crippen LogP contribution in [0, 0.1) is 6.92 Å². The molecule has 2 aliphatic rings. The number of amides is 1. The summed E-state index contributed by atoms with van der Waals surface area (Å²) in [7, 11) is 0. The van der Waals surface area contributed by atoms with Crippen molar-refractivity contribution in [1.82, 2.24) is 24.8 Å². The highest BCUT2D eigenvalue weighted by Crippen LogP contribution is 2.29. The summed E-state index contributed by atoms with van der Waals surface area (Å²) in [5.41, 5.74) is 0.683. The molecule has 0 spiro atoms. The lowest BCUT2D eigenvalue weighted by Gasteiger charge is -2.32. The summed E-state index contributed by atoms with van der Waals surface area (Å²) in [6, 6.07) is 2.08. The van der Waals surface area contributed by atoms with Gasteiger partial charge in [0.05, 0.1) is 12.0 Å². The van der Waals surface area contributed by atoms with E-state index in [9.17, 15) is 9.59 Å². The minimum atomic E-state index is -0.397. The number of aryl methyl sites for hydroxylation is 1. The van der Waals surface area contributed by atoms with Gasteiger partial charge in [-0.05, 0) is 32.6 Å². The van der Waals surface area contributed by atoms with Gasteiger partial charge in [-0.1, -0.05) is 0 Å². The third-order valence-electron chi connectivity index (χ3n) is 5.35. The number of piperidine rings is 1. The zero-order valence-electron chi connectivity index (χ0n) is 15.5. The molecule has 0 saturated carbocycles. The number of carbonyl (C=O) groups excluding carboxylic acids is 1. The van der Waals surface area contributed by atoms with Crippen LogP contribution >= 0.6 is 0 Å². The monoisotopic (exact) mass is 368 g/mol. The summed E-state index contributed by atoms with van der Waals surface area (Å²) < 4.78 is 0. The van der Waals surface area contributed by atoms with Crippen molar-refractivity contribution >= 4 is 11.7 Å². The van der Waals surface area contributed by atoms with E-state index >= 15 is 0 Å². The number of hydrogen-bond donors (Lipinski definition) is 1. The van der Waals surface area contributed by atoms with Gasteiger partial charge in [0.25, 0.3) is 11.5 Å². The zero-order valence-corrected chi connectivity index (χ0v) is 15.5. The molecule has 0 aromatic carbocycles. The van der Waals surface area contributed by atoms with Gasteiger partial charge in [0.1, 0.15) is 17.2 Å². The van der Waals surface area contributed by atoms with E-state index in [1.165, 1.54) is 25.4 Å². The predicted octanol–water partition coefficient (Wildman–Crippen LogP) is 1.49. The molecule has 8 nitrogen and oxygen atoms in total. The van der Waals surface area contributed by atoms with Gasteiger partial charge in [0.15, 0.2) is 0 Å². The van der Waals surface area contributed by atoms with Crippen molar-refractivity contribution in [2.24, 2.45) is 0 Å². The molecule has 142 valence electrons. The zero-order chi connectivity index (χ0) is 18.8. The van der Waals surface area contributed by atoms with Crippen LogP contribution in [0.1, 0.15) is 53.5 Å². The Hall–Kier alpha value is -2.77. The van der Waals surface area contributed by atoms with E-state index in [0.717, 1.165) is 43.3 Å². The summed E-state index contributed by atoms with van der Waals surface area (Å²) in [6.07, 6.45) is 6.89. The highest BCUT2D eigenvalue weighted by atomic mass is 16.2. The van der Waals surface area contributed by atoms with Crippen LogP contribution in [0.3, 0.4) is 0 Å². The molecule has 2 fully saturated rings. The molecule has 2 aromatic heterocycles. The van der Waals surface area contributed by atoms with E-state index in [1.54, 1.807) is 4.90 Å². The Kier molecular flexibility index (Phi) is 4.87. The van der Waals surface area contributed by atoms with Gasteiger partial charge < -0.3 is 14.8 Å². The first-order valence-corrected chi connectivity index (χ1v) is 9.54. The maximum Gasteiger partial charge on any atom is 0.263 e. The van der Waals surface area contributed by atoms with Gasteiger partial charge in [-0.2, -0.15) is 0 Å². The number of rotatable bonds is 3. The topological polar surface area (TPSA) is 95.1 Å². The predicted molar refractivity (Wildman–Crippen MR) is 101 cm³/mol. The molecule has 0 bridgehead atoms. The maximum absolute atomic E-state index is 12.8. The van der Waals surface area contributed by atoms with Crippen LogP contribution in [-0.4, -0.2) is 56.9 Å². The van der Waals surface area contributed by atoms with E-state index in [1.807, 2.05) is 6.92 Å². The Morgan fingerprint density at radius 2 is 2.00 bits per heavy atom. The normalized spacial score (nSPS) is 20.1. The van der Waals surface area contributed by atoms with Crippen molar-refractivity contribution in [3.8, 4) is 0 Å². The minimum absolute atomic E-state index is 0.0924. The maximum atomic E-state index is 12.8. The average molecular weight is 368 g/mol. The number of likely N-dealkylation sites (tertiary alicyclic amines) is 1. The van der Waals surface area contributed by atoms with E-state index in [4.69, 9.17) is 0 Å². The van der Waals surface area contributed by atoms with E-state index in [-0.39, 0.29) is 17.4 Å². The van der Waals surface area contributed by atoms with Crippen LogP contribution in [0.5, 0.6) is 0 Å². The van der Waals surface area contributed by atoms with Crippen LogP contribution in [0.2, 0.25) is 0 Å². The lowest BCUT2D eigenvalue weighted by molar-refractivity contribution is 0.0703. The van der Waals surface area contributed by atoms with Crippen molar-refractivity contribution in [2.45, 2.75) is 38.5 Å². The molecule has 2 aromatic rings. The van der Waals surface area contributed by atoms with Gasteiger partial charge >= 0.3 is 0 Å². The second-order valence-corrected chi connectivity index (χ2v) is 7.28. The first kappa shape index (κ1) is 17.6. The van der Waals surface area contributed by atoms with Crippen molar-refractivity contribution in [3.05, 3.63) is 46.0 Å². The smallest absolute Gasteiger partial charge is 0.263 e. The van der Waals surface area contributed by atoms with Crippen LogP contribution in [-0.2, 0) is 0 Å². The molecule has 0 aliphatic carbocycles. The van der Waals surface area contributed by atoms with E-state index in [2.05, 4.69) is 30.9 Å². The van der Waals surface area contributed by atoms with Gasteiger partial charge in [-0.25, -0.2) is 15.0 Å². The average Bonchev–Trinajstić information content (AvgIpc) is 3.22. The first-order chi connectivity index (χ1) is 13.1. The largest absolute Gasteiger partial charge is 0.357 e. The Morgan fingerprint density at radius 1 is 1.19 bits per heavy atom. The lowest BCUT2D eigenvalue weighted by Crippen LogP contribution is -2.41.